The largest absolute Gasteiger partial charge is 0.310 e. The van der Waals surface area contributed by atoms with Gasteiger partial charge in [-0.05, 0) is 122 Å². The average Bonchev–Trinajstić information content (AvgIpc) is 3.77. The molecule has 11 rings (SSSR count). The van der Waals surface area contributed by atoms with Gasteiger partial charge in [0.1, 0.15) is 0 Å². The number of aromatic nitrogens is 1. The first kappa shape index (κ1) is 38.5. The van der Waals surface area contributed by atoms with Gasteiger partial charge in [-0.15, -0.1) is 0 Å². The van der Waals surface area contributed by atoms with Gasteiger partial charge in [0.05, 0.1) is 16.7 Å². The summed E-state index contributed by atoms with van der Waals surface area (Å²) in [5, 5.41) is 2.53. The van der Waals surface area contributed by atoms with Gasteiger partial charge in [-0.25, -0.2) is 0 Å². The van der Waals surface area contributed by atoms with Gasteiger partial charge < -0.3 is 9.47 Å². The van der Waals surface area contributed by atoms with Gasteiger partial charge in [0.25, 0.3) is 0 Å². The van der Waals surface area contributed by atoms with E-state index < -0.39 is 0 Å². The molecule has 1 aliphatic carbocycles. The third-order valence-corrected chi connectivity index (χ3v) is 13.4. The Kier molecular flexibility index (Phi) is 9.10. The molecule has 304 valence electrons. The lowest BCUT2D eigenvalue weighted by molar-refractivity contribution is 0.590. The Morgan fingerprint density at radius 2 is 0.937 bits per heavy atom. The summed E-state index contributed by atoms with van der Waals surface area (Å²) in [6.07, 6.45) is 0. The molecule has 0 unspecified atom stereocenters. The average molecular weight is 811 g/mol. The highest BCUT2D eigenvalue weighted by Crippen LogP contribution is 2.52. The van der Waals surface area contributed by atoms with Crippen molar-refractivity contribution in [2.45, 2.75) is 45.4 Å². The van der Waals surface area contributed by atoms with Gasteiger partial charge >= 0.3 is 0 Å². The minimum absolute atomic E-state index is 0.0997. The van der Waals surface area contributed by atoms with E-state index in [1.165, 1.54) is 83.0 Å². The molecular weight excluding hydrogens is 761 g/mol. The Morgan fingerprint density at radius 3 is 1.68 bits per heavy atom. The molecule has 0 fully saturated rings. The van der Waals surface area contributed by atoms with Crippen molar-refractivity contribution < 1.29 is 0 Å². The molecule has 0 aliphatic heterocycles. The number of hydrogen-bond donors (Lipinski definition) is 0. The molecular formula is C61H50N2. The number of anilines is 3. The van der Waals surface area contributed by atoms with Crippen LogP contribution in [0, 0.1) is 0 Å². The Labute approximate surface area is 371 Å². The molecule has 0 N–H and O–H groups in total. The molecule has 0 radical (unpaired) electrons. The van der Waals surface area contributed by atoms with Gasteiger partial charge in [-0.3, -0.25) is 0 Å². The van der Waals surface area contributed by atoms with Crippen LogP contribution in [-0.2, 0) is 10.8 Å². The summed E-state index contributed by atoms with van der Waals surface area (Å²) in [7, 11) is 0. The number of nitrogens with zero attached hydrogens (tertiary/aromatic N) is 2. The highest BCUT2D eigenvalue weighted by atomic mass is 15.1. The Bertz CT molecular complexity index is 3310. The van der Waals surface area contributed by atoms with Crippen LogP contribution in [0.5, 0.6) is 0 Å². The minimum atomic E-state index is -0.161. The molecule has 0 saturated heterocycles. The lowest BCUT2D eigenvalue weighted by atomic mass is 9.81. The zero-order valence-electron chi connectivity index (χ0n) is 36.6. The number of fused-ring (bicyclic) bond motifs is 6. The SMILES string of the molecule is CC(C)(C)c1ccc(-c2cccc3c2c2ccccc2n3-c2ccccc2-c2ccc(N(c3ccccc3)c3ccc4c(c3)C(C)(C)c3cc(-c5ccccc5)ccc3-4)cc2)cc1. The number of benzene rings is 9. The molecule has 2 nitrogen and oxygen atoms in total. The van der Waals surface area contributed by atoms with Crippen molar-refractivity contribution in [1.82, 2.24) is 4.57 Å². The zero-order chi connectivity index (χ0) is 42.9. The molecule has 0 amide bonds. The molecule has 10 aromatic rings. The summed E-state index contributed by atoms with van der Waals surface area (Å²) in [6.45, 7) is 11.6. The van der Waals surface area contributed by atoms with Crippen molar-refractivity contribution in [3.8, 4) is 50.2 Å². The highest BCUT2D eigenvalue weighted by Gasteiger charge is 2.36. The van der Waals surface area contributed by atoms with Gasteiger partial charge in [-0.2, -0.15) is 0 Å². The van der Waals surface area contributed by atoms with Crippen molar-refractivity contribution >= 4 is 38.9 Å². The summed E-state index contributed by atoms with van der Waals surface area (Å²) in [6, 6.07) is 78.3. The molecule has 0 saturated carbocycles. The van der Waals surface area contributed by atoms with Gasteiger partial charge in [0, 0.05) is 38.8 Å². The van der Waals surface area contributed by atoms with Crippen LogP contribution in [0.3, 0.4) is 0 Å². The van der Waals surface area contributed by atoms with E-state index in [2.05, 4.69) is 256 Å². The van der Waals surface area contributed by atoms with Crippen LogP contribution in [0.15, 0.2) is 212 Å². The molecule has 0 bridgehead atoms. The van der Waals surface area contributed by atoms with Crippen LogP contribution in [-0.4, -0.2) is 4.57 Å². The fraction of sp³-hybridized carbons (Fsp3) is 0.115. The first-order valence-corrected chi connectivity index (χ1v) is 22.2. The van der Waals surface area contributed by atoms with Crippen molar-refractivity contribution in [1.29, 1.82) is 0 Å². The third-order valence-electron chi connectivity index (χ3n) is 13.4. The molecule has 1 aliphatic rings. The fourth-order valence-electron chi connectivity index (χ4n) is 10.1. The van der Waals surface area contributed by atoms with Crippen molar-refractivity contribution in [2.24, 2.45) is 0 Å². The quantitative estimate of drug-likeness (QED) is 0.156. The van der Waals surface area contributed by atoms with Gasteiger partial charge in [0.2, 0.25) is 0 Å². The molecule has 63 heavy (non-hydrogen) atoms. The van der Waals surface area contributed by atoms with Crippen LogP contribution in [0.4, 0.5) is 17.1 Å². The third kappa shape index (κ3) is 6.48. The predicted molar refractivity (Wildman–Crippen MR) is 268 cm³/mol. The number of hydrogen-bond acceptors (Lipinski definition) is 1. The summed E-state index contributed by atoms with van der Waals surface area (Å²) >= 11 is 0. The molecule has 1 aromatic heterocycles. The first-order valence-electron chi connectivity index (χ1n) is 22.2. The van der Waals surface area contributed by atoms with E-state index in [-0.39, 0.29) is 10.8 Å². The van der Waals surface area contributed by atoms with Crippen LogP contribution >= 0.6 is 0 Å². The maximum Gasteiger partial charge on any atom is 0.0547 e. The molecule has 1 heterocycles. The van der Waals surface area contributed by atoms with Crippen LogP contribution in [0.2, 0.25) is 0 Å². The molecule has 0 atom stereocenters. The monoisotopic (exact) mass is 810 g/mol. The normalized spacial score (nSPS) is 13.0. The van der Waals surface area contributed by atoms with Crippen LogP contribution in [0.25, 0.3) is 72.0 Å². The molecule has 9 aromatic carbocycles. The summed E-state index contributed by atoms with van der Waals surface area (Å²) in [4.78, 5) is 2.40. The van der Waals surface area contributed by atoms with Crippen molar-refractivity contribution in [3.05, 3.63) is 229 Å². The smallest absolute Gasteiger partial charge is 0.0547 e. The van der Waals surface area contributed by atoms with E-state index in [9.17, 15) is 0 Å². The number of rotatable bonds is 7. The van der Waals surface area contributed by atoms with E-state index in [0.29, 0.717) is 0 Å². The van der Waals surface area contributed by atoms with Crippen molar-refractivity contribution in [3.63, 3.8) is 0 Å². The maximum atomic E-state index is 2.46. The van der Waals surface area contributed by atoms with E-state index in [1.807, 2.05) is 0 Å². The van der Waals surface area contributed by atoms with E-state index in [1.54, 1.807) is 0 Å². The van der Waals surface area contributed by atoms with E-state index in [0.717, 1.165) is 22.7 Å². The zero-order valence-corrected chi connectivity index (χ0v) is 36.6. The molecule has 0 spiro atoms. The highest BCUT2D eigenvalue weighted by molar-refractivity contribution is 6.16. The summed E-state index contributed by atoms with van der Waals surface area (Å²) in [5.74, 6) is 0. The first-order chi connectivity index (χ1) is 30.6. The Balaban J connectivity index is 0.991. The Morgan fingerprint density at radius 1 is 0.397 bits per heavy atom. The second kappa shape index (κ2) is 14.9. The summed E-state index contributed by atoms with van der Waals surface area (Å²) < 4.78 is 2.46. The van der Waals surface area contributed by atoms with Crippen LogP contribution < -0.4 is 4.90 Å². The summed E-state index contributed by atoms with van der Waals surface area (Å²) in [5.41, 5.74) is 20.9. The van der Waals surface area contributed by atoms with Gasteiger partial charge in [-0.1, -0.05) is 186 Å². The van der Waals surface area contributed by atoms with Gasteiger partial charge in [0.15, 0.2) is 0 Å². The minimum Gasteiger partial charge on any atom is -0.310 e. The predicted octanol–water partition coefficient (Wildman–Crippen LogP) is 16.9. The standard InChI is InChI=1S/C61H50N2/c1-60(2,3)45-32-27-43(28-33-45)50-23-16-26-58-59(50)53-22-13-15-25-57(53)63(58)56-24-14-12-21-49(56)42-29-34-47(35-30-42)62(46-19-10-7-11-20-46)48-36-38-52-51-37-31-44(41-17-8-6-9-18-41)39-54(51)61(4,5)55(52)40-48/h6-40H,1-5H3. The number of para-hydroxylation sites is 3. The lowest BCUT2D eigenvalue weighted by Gasteiger charge is -2.28. The lowest BCUT2D eigenvalue weighted by Crippen LogP contribution is -2.16. The van der Waals surface area contributed by atoms with E-state index >= 15 is 0 Å². The fourth-order valence-corrected chi connectivity index (χ4v) is 10.1. The Hall–Kier alpha value is -7.42. The van der Waals surface area contributed by atoms with Crippen LogP contribution in [0.1, 0.15) is 51.3 Å². The van der Waals surface area contributed by atoms with Crippen molar-refractivity contribution in [2.75, 3.05) is 4.90 Å². The second-order valence-electron chi connectivity index (χ2n) is 18.6. The second-order valence-corrected chi connectivity index (χ2v) is 18.6. The topological polar surface area (TPSA) is 8.17 Å². The molecule has 2 heteroatoms. The maximum absolute atomic E-state index is 2.46. The van der Waals surface area contributed by atoms with E-state index in [4.69, 9.17) is 0 Å².